The van der Waals surface area contributed by atoms with E-state index in [1.165, 1.54) is 0 Å². The molecule has 4 rings (SSSR count). The number of rotatable bonds is 2. The van der Waals surface area contributed by atoms with Crippen LogP contribution in [0.25, 0.3) is 21.8 Å². The van der Waals surface area contributed by atoms with Crippen molar-refractivity contribution in [2.45, 2.75) is 6.42 Å². The molecule has 0 fully saturated rings. The third-order valence-electron chi connectivity index (χ3n) is 3.62. The summed E-state index contributed by atoms with van der Waals surface area (Å²) in [5.74, 6) is 0.0484. The fourth-order valence-corrected chi connectivity index (χ4v) is 3.48. The van der Waals surface area contributed by atoms with Crippen LogP contribution >= 0.6 is 22.9 Å². The number of carbonyl (C=O) groups is 1. The molecule has 2 aromatic carbocycles. The lowest BCUT2D eigenvalue weighted by Gasteiger charge is -2.01. The molecule has 5 heteroatoms. The molecule has 0 saturated heterocycles. The number of hydrogen-bond acceptors (Lipinski definition) is 3. The monoisotopic (exact) mass is 326 g/mol. The summed E-state index contributed by atoms with van der Waals surface area (Å²) >= 11 is 7.52. The van der Waals surface area contributed by atoms with Gasteiger partial charge in [0.15, 0.2) is 0 Å². The smallest absolute Gasteiger partial charge is 0.228 e. The van der Waals surface area contributed by atoms with Crippen molar-refractivity contribution < 1.29 is 4.79 Å². The van der Waals surface area contributed by atoms with Crippen molar-refractivity contribution in [3.8, 4) is 21.8 Å². The second-order valence-corrected chi connectivity index (χ2v) is 6.44. The normalized spacial score (nSPS) is 13.0. The van der Waals surface area contributed by atoms with Gasteiger partial charge in [0.05, 0.1) is 12.1 Å². The van der Waals surface area contributed by atoms with Crippen molar-refractivity contribution in [1.82, 2.24) is 4.98 Å². The van der Waals surface area contributed by atoms with E-state index >= 15 is 0 Å². The molecule has 0 spiro atoms. The van der Waals surface area contributed by atoms with Crippen LogP contribution < -0.4 is 5.32 Å². The average Bonchev–Trinajstić information content (AvgIpc) is 3.12. The van der Waals surface area contributed by atoms with Gasteiger partial charge in [-0.05, 0) is 29.8 Å². The molecule has 1 amide bonds. The van der Waals surface area contributed by atoms with Crippen molar-refractivity contribution in [3.63, 3.8) is 0 Å². The van der Waals surface area contributed by atoms with Crippen molar-refractivity contribution in [2.75, 3.05) is 5.32 Å². The quantitative estimate of drug-likeness (QED) is 0.746. The first kappa shape index (κ1) is 13.5. The standard InChI is InChI=1S/C17H11ClN2OS/c18-13-4-1-10(2-5-13)17-20-15(9-22-17)11-3-6-14-12(7-11)8-16(21)19-14/h1-7,9H,8H2,(H,19,21). The van der Waals surface area contributed by atoms with Gasteiger partial charge < -0.3 is 5.32 Å². The molecular formula is C17H11ClN2OS. The molecule has 0 unspecified atom stereocenters. The number of nitrogens with one attached hydrogen (secondary N) is 1. The second kappa shape index (κ2) is 5.23. The molecule has 108 valence electrons. The molecule has 0 saturated carbocycles. The van der Waals surface area contributed by atoms with E-state index in [0.29, 0.717) is 6.42 Å². The Hall–Kier alpha value is -2.17. The first-order valence-corrected chi connectivity index (χ1v) is 8.09. The van der Waals surface area contributed by atoms with Crippen LogP contribution in [0.15, 0.2) is 47.8 Å². The van der Waals surface area contributed by atoms with E-state index < -0.39 is 0 Å². The van der Waals surface area contributed by atoms with Crippen LogP contribution in [0.5, 0.6) is 0 Å². The topological polar surface area (TPSA) is 42.0 Å². The maximum Gasteiger partial charge on any atom is 0.228 e. The van der Waals surface area contributed by atoms with Crippen LogP contribution in [0.3, 0.4) is 0 Å². The summed E-state index contributed by atoms with van der Waals surface area (Å²) < 4.78 is 0. The Morgan fingerprint density at radius 1 is 1.09 bits per heavy atom. The Morgan fingerprint density at radius 2 is 1.86 bits per heavy atom. The number of anilines is 1. The molecule has 0 radical (unpaired) electrons. The van der Waals surface area contributed by atoms with Gasteiger partial charge in [-0.1, -0.05) is 29.8 Å². The van der Waals surface area contributed by atoms with Gasteiger partial charge in [0.25, 0.3) is 0 Å². The number of fused-ring (bicyclic) bond motifs is 1. The Kier molecular flexibility index (Phi) is 3.21. The van der Waals surface area contributed by atoms with Crippen LogP contribution in [-0.4, -0.2) is 10.9 Å². The predicted molar refractivity (Wildman–Crippen MR) is 90.3 cm³/mol. The number of halogens is 1. The van der Waals surface area contributed by atoms with Gasteiger partial charge in [-0.3, -0.25) is 4.79 Å². The van der Waals surface area contributed by atoms with Gasteiger partial charge in [0.2, 0.25) is 5.91 Å². The molecule has 1 aliphatic rings. The largest absolute Gasteiger partial charge is 0.326 e. The van der Waals surface area contributed by atoms with Crippen LogP contribution in [-0.2, 0) is 11.2 Å². The zero-order valence-electron chi connectivity index (χ0n) is 11.5. The summed E-state index contributed by atoms with van der Waals surface area (Å²) in [5, 5.41) is 6.56. The van der Waals surface area contributed by atoms with E-state index in [1.807, 2.05) is 47.8 Å². The van der Waals surface area contributed by atoms with Gasteiger partial charge in [0.1, 0.15) is 5.01 Å². The molecule has 3 nitrogen and oxygen atoms in total. The van der Waals surface area contributed by atoms with E-state index in [4.69, 9.17) is 16.6 Å². The third-order valence-corrected chi connectivity index (χ3v) is 4.76. The Morgan fingerprint density at radius 3 is 2.68 bits per heavy atom. The summed E-state index contributed by atoms with van der Waals surface area (Å²) in [4.78, 5) is 16.1. The van der Waals surface area contributed by atoms with Gasteiger partial charge in [0, 0.05) is 27.2 Å². The zero-order chi connectivity index (χ0) is 15.1. The average molecular weight is 327 g/mol. The Labute approximate surface area is 136 Å². The number of nitrogens with zero attached hydrogens (tertiary/aromatic N) is 1. The third kappa shape index (κ3) is 2.40. The highest BCUT2D eigenvalue weighted by Crippen LogP contribution is 2.32. The Balaban J connectivity index is 1.68. The van der Waals surface area contributed by atoms with Gasteiger partial charge in [-0.15, -0.1) is 11.3 Å². The fourth-order valence-electron chi connectivity index (χ4n) is 2.52. The highest BCUT2D eigenvalue weighted by Gasteiger charge is 2.18. The SMILES string of the molecule is O=C1Cc2cc(-c3csc(-c4ccc(Cl)cc4)n3)ccc2N1. The second-order valence-electron chi connectivity index (χ2n) is 5.14. The molecule has 0 bridgehead atoms. The number of hydrogen-bond donors (Lipinski definition) is 1. The van der Waals surface area contributed by atoms with Gasteiger partial charge >= 0.3 is 0 Å². The first-order chi connectivity index (χ1) is 10.7. The van der Waals surface area contributed by atoms with Gasteiger partial charge in [-0.2, -0.15) is 0 Å². The molecule has 1 aromatic heterocycles. The van der Waals surface area contributed by atoms with Crippen LogP contribution in [0.1, 0.15) is 5.56 Å². The van der Waals surface area contributed by atoms with Crippen molar-refractivity contribution >= 4 is 34.5 Å². The lowest BCUT2D eigenvalue weighted by molar-refractivity contribution is -0.115. The fraction of sp³-hybridized carbons (Fsp3) is 0.0588. The summed E-state index contributed by atoms with van der Waals surface area (Å²) in [6, 6.07) is 13.6. The molecule has 3 aromatic rings. The van der Waals surface area contributed by atoms with E-state index in [-0.39, 0.29) is 5.91 Å². The van der Waals surface area contributed by atoms with E-state index in [1.54, 1.807) is 11.3 Å². The summed E-state index contributed by atoms with van der Waals surface area (Å²) in [5.41, 5.74) is 4.95. The number of thiazole rings is 1. The highest BCUT2D eigenvalue weighted by atomic mass is 35.5. The summed E-state index contributed by atoms with van der Waals surface area (Å²) in [7, 11) is 0. The van der Waals surface area contributed by atoms with E-state index in [2.05, 4.69) is 5.32 Å². The van der Waals surface area contributed by atoms with E-state index in [0.717, 1.165) is 38.1 Å². The molecule has 22 heavy (non-hydrogen) atoms. The van der Waals surface area contributed by atoms with Crippen LogP contribution in [0.2, 0.25) is 5.02 Å². The number of aromatic nitrogens is 1. The van der Waals surface area contributed by atoms with E-state index in [9.17, 15) is 4.79 Å². The molecule has 0 aliphatic carbocycles. The van der Waals surface area contributed by atoms with Crippen molar-refractivity contribution in [1.29, 1.82) is 0 Å². The van der Waals surface area contributed by atoms with Crippen LogP contribution in [0.4, 0.5) is 5.69 Å². The maximum absolute atomic E-state index is 11.4. The van der Waals surface area contributed by atoms with Crippen molar-refractivity contribution in [3.05, 3.63) is 58.4 Å². The summed E-state index contributed by atoms with van der Waals surface area (Å²) in [6.07, 6.45) is 0.442. The molecule has 1 aliphatic heterocycles. The Bertz CT molecular complexity index is 871. The predicted octanol–water partition coefficient (Wildman–Crippen LogP) is 4.63. The lowest BCUT2D eigenvalue weighted by atomic mass is 10.1. The van der Waals surface area contributed by atoms with Crippen molar-refractivity contribution in [2.24, 2.45) is 0 Å². The van der Waals surface area contributed by atoms with Crippen LogP contribution in [0, 0.1) is 0 Å². The first-order valence-electron chi connectivity index (χ1n) is 6.84. The number of benzene rings is 2. The molecular weight excluding hydrogens is 316 g/mol. The molecule has 2 heterocycles. The highest BCUT2D eigenvalue weighted by molar-refractivity contribution is 7.13. The minimum atomic E-state index is 0.0484. The molecule has 0 atom stereocenters. The minimum absolute atomic E-state index is 0.0484. The lowest BCUT2D eigenvalue weighted by Crippen LogP contribution is -2.03. The number of carbonyl (C=O) groups excluding carboxylic acids is 1. The number of amides is 1. The minimum Gasteiger partial charge on any atom is -0.326 e. The molecule has 1 N–H and O–H groups in total. The maximum atomic E-state index is 11.4. The van der Waals surface area contributed by atoms with Gasteiger partial charge in [-0.25, -0.2) is 4.98 Å². The zero-order valence-corrected chi connectivity index (χ0v) is 13.0. The summed E-state index contributed by atoms with van der Waals surface area (Å²) in [6.45, 7) is 0.